The Morgan fingerprint density at radius 2 is 1.84 bits per heavy atom. The minimum absolute atomic E-state index is 0.322. The van der Waals surface area contributed by atoms with Crippen molar-refractivity contribution in [1.82, 2.24) is 0 Å². The molecular formula is C14H11Cl3FN. The van der Waals surface area contributed by atoms with Gasteiger partial charge in [0.25, 0.3) is 0 Å². The average Bonchev–Trinajstić information content (AvgIpc) is 2.36. The Morgan fingerprint density at radius 3 is 2.53 bits per heavy atom. The van der Waals surface area contributed by atoms with Gasteiger partial charge >= 0.3 is 0 Å². The zero-order valence-corrected chi connectivity index (χ0v) is 12.1. The summed E-state index contributed by atoms with van der Waals surface area (Å²) in [4.78, 5) is 0. The van der Waals surface area contributed by atoms with E-state index in [0.29, 0.717) is 32.6 Å². The lowest BCUT2D eigenvalue weighted by Gasteiger charge is -2.15. The van der Waals surface area contributed by atoms with Gasteiger partial charge in [-0.05, 0) is 35.7 Å². The first kappa shape index (κ1) is 14.6. The largest absolute Gasteiger partial charge is 0.324 e. The van der Waals surface area contributed by atoms with E-state index in [2.05, 4.69) is 0 Å². The van der Waals surface area contributed by atoms with E-state index in [4.69, 9.17) is 40.5 Å². The number of hydrogen-bond acceptors (Lipinski definition) is 1. The summed E-state index contributed by atoms with van der Waals surface area (Å²) in [6.45, 7) is 0. The van der Waals surface area contributed by atoms with Crippen molar-refractivity contribution in [3.05, 3.63) is 68.4 Å². The van der Waals surface area contributed by atoms with Crippen molar-refractivity contribution < 1.29 is 4.39 Å². The quantitative estimate of drug-likeness (QED) is 0.844. The van der Waals surface area contributed by atoms with Crippen LogP contribution in [-0.2, 0) is 6.42 Å². The van der Waals surface area contributed by atoms with Gasteiger partial charge in [-0.15, -0.1) is 0 Å². The van der Waals surface area contributed by atoms with Crippen LogP contribution >= 0.6 is 34.8 Å². The third-order valence-electron chi connectivity index (χ3n) is 2.84. The summed E-state index contributed by atoms with van der Waals surface area (Å²) in [5.74, 6) is -0.374. The molecule has 0 fully saturated rings. The number of nitrogens with two attached hydrogens (primary N) is 1. The third-order valence-corrected chi connectivity index (χ3v) is 3.90. The van der Waals surface area contributed by atoms with Gasteiger partial charge in [0, 0.05) is 11.1 Å². The van der Waals surface area contributed by atoms with E-state index in [1.54, 1.807) is 30.3 Å². The summed E-state index contributed by atoms with van der Waals surface area (Å²) in [6, 6.07) is 9.32. The third kappa shape index (κ3) is 3.40. The molecule has 0 aliphatic rings. The summed E-state index contributed by atoms with van der Waals surface area (Å²) in [7, 11) is 0. The molecule has 0 aliphatic heterocycles. The first-order valence-electron chi connectivity index (χ1n) is 5.62. The van der Waals surface area contributed by atoms with Crippen molar-refractivity contribution in [3.8, 4) is 0 Å². The summed E-state index contributed by atoms with van der Waals surface area (Å²) < 4.78 is 13.7. The maximum absolute atomic E-state index is 13.7. The Kier molecular flexibility index (Phi) is 4.69. The lowest BCUT2D eigenvalue weighted by Crippen LogP contribution is -2.14. The predicted molar refractivity (Wildman–Crippen MR) is 78.5 cm³/mol. The van der Waals surface area contributed by atoms with E-state index >= 15 is 0 Å². The topological polar surface area (TPSA) is 26.0 Å². The highest BCUT2D eigenvalue weighted by Crippen LogP contribution is 2.31. The highest BCUT2D eigenvalue weighted by atomic mass is 35.5. The fourth-order valence-corrected chi connectivity index (χ4v) is 2.45. The van der Waals surface area contributed by atoms with Crippen molar-refractivity contribution in [1.29, 1.82) is 0 Å². The van der Waals surface area contributed by atoms with Crippen LogP contribution in [0.2, 0.25) is 15.1 Å². The molecule has 0 amide bonds. The van der Waals surface area contributed by atoms with Crippen molar-refractivity contribution in [2.45, 2.75) is 12.5 Å². The molecule has 1 unspecified atom stereocenters. The standard InChI is InChI=1S/C14H11Cl3FN/c15-9-5-4-8(12(18)7-9)6-13(19)10-2-1-3-11(16)14(10)17/h1-5,7,13H,6,19H2. The van der Waals surface area contributed by atoms with Crippen LogP contribution in [0.5, 0.6) is 0 Å². The first-order valence-corrected chi connectivity index (χ1v) is 6.76. The molecule has 0 spiro atoms. The van der Waals surface area contributed by atoms with Gasteiger partial charge in [-0.3, -0.25) is 0 Å². The summed E-state index contributed by atoms with van der Waals surface area (Å²) >= 11 is 17.7. The van der Waals surface area contributed by atoms with E-state index in [-0.39, 0.29) is 5.82 Å². The molecule has 1 atom stereocenters. The summed E-state index contributed by atoms with van der Waals surface area (Å²) in [5, 5.41) is 1.20. The Hall–Kier alpha value is -0.800. The second kappa shape index (κ2) is 6.10. The van der Waals surface area contributed by atoms with Crippen LogP contribution in [-0.4, -0.2) is 0 Å². The molecule has 19 heavy (non-hydrogen) atoms. The van der Waals surface area contributed by atoms with E-state index < -0.39 is 6.04 Å². The lowest BCUT2D eigenvalue weighted by molar-refractivity contribution is 0.593. The molecule has 0 bridgehead atoms. The Morgan fingerprint density at radius 1 is 1.11 bits per heavy atom. The van der Waals surface area contributed by atoms with Gasteiger partial charge in [-0.25, -0.2) is 4.39 Å². The van der Waals surface area contributed by atoms with Crippen molar-refractivity contribution in [2.24, 2.45) is 5.73 Å². The fourth-order valence-electron chi connectivity index (χ4n) is 1.84. The molecule has 0 heterocycles. The maximum atomic E-state index is 13.7. The molecule has 2 aromatic rings. The van der Waals surface area contributed by atoms with Crippen LogP contribution < -0.4 is 5.73 Å². The van der Waals surface area contributed by atoms with E-state index in [1.165, 1.54) is 6.07 Å². The molecule has 0 aliphatic carbocycles. The molecule has 0 aromatic heterocycles. The van der Waals surface area contributed by atoms with Crippen LogP contribution in [0.25, 0.3) is 0 Å². The average molecular weight is 319 g/mol. The molecule has 100 valence electrons. The van der Waals surface area contributed by atoms with Crippen LogP contribution in [0.3, 0.4) is 0 Å². The molecule has 0 saturated carbocycles. The Balaban J connectivity index is 2.25. The molecule has 5 heteroatoms. The minimum atomic E-state index is -0.429. The monoisotopic (exact) mass is 317 g/mol. The number of benzene rings is 2. The summed E-state index contributed by atoms with van der Waals surface area (Å²) in [6.07, 6.45) is 0.322. The van der Waals surface area contributed by atoms with E-state index in [9.17, 15) is 4.39 Å². The lowest BCUT2D eigenvalue weighted by atomic mass is 9.99. The zero-order chi connectivity index (χ0) is 14.0. The molecule has 0 saturated heterocycles. The van der Waals surface area contributed by atoms with Gasteiger partial charge in [-0.1, -0.05) is 53.0 Å². The van der Waals surface area contributed by atoms with Gasteiger partial charge in [-0.2, -0.15) is 0 Å². The van der Waals surface area contributed by atoms with Gasteiger partial charge in [0.15, 0.2) is 0 Å². The minimum Gasteiger partial charge on any atom is -0.324 e. The van der Waals surface area contributed by atoms with Crippen LogP contribution in [0.1, 0.15) is 17.2 Å². The fraction of sp³-hybridized carbons (Fsp3) is 0.143. The second-order valence-electron chi connectivity index (χ2n) is 4.19. The molecule has 1 nitrogen and oxygen atoms in total. The Bertz CT molecular complexity index is 601. The van der Waals surface area contributed by atoms with Gasteiger partial charge in [0.05, 0.1) is 10.0 Å². The van der Waals surface area contributed by atoms with Crippen LogP contribution in [0.15, 0.2) is 36.4 Å². The second-order valence-corrected chi connectivity index (χ2v) is 5.41. The summed E-state index contributed by atoms with van der Waals surface area (Å²) in [5.41, 5.74) is 7.25. The van der Waals surface area contributed by atoms with Crippen molar-refractivity contribution in [3.63, 3.8) is 0 Å². The van der Waals surface area contributed by atoms with E-state index in [0.717, 1.165) is 0 Å². The number of rotatable bonds is 3. The highest BCUT2D eigenvalue weighted by molar-refractivity contribution is 6.42. The van der Waals surface area contributed by atoms with Crippen LogP contribution in [0, 0.1) is 5.82 Å². The zero-order valence-electron chi connectivity index (χ0n) is 9.84. The molecule has 2 aromatic carbocycles. The molecule has 2 N–H and O–H groups in total. The Labute approximate surface area is 126 Å². The van der Waals surface area contributed by atoms with Crippen molar-refractivity contribution in [2.75, 3.05) is 0 Å². The number of halogens is 4. The highest BCUT2D eigenvalue weighted by Gasteiger charge is 2.15. The van der Waals surface area contributed by atoms with Gasteiger partial charge < -0.3 is 5.73 Å². The smallest absolute Gasteiger partial charge is 0.127 e. The number of hydrogen-bond donors (Lipinski definition) is 1. The van der Waals surface area contributed by atoms with Crippen molar-refractivity contribution >= 4 is 34.8 Å². The SMILES string of the molecule is NC(Cc1ccc(Cl)cc1F)c1cccc(Cl)c1Cl. The molecule has 2 rings (SSSR count). The first-order chi connectivity index (χ1) is 8.99. The normalized spacial score (nSPS) is 12.5. The predicted octanol–water partition coefficient (Wildman–Crippen LogP) is 5.03. The maximum Gasteiger partial charge on any atom is 0.127 e. The molecule has 0 radical (unpaired) electrons. The van der Waals surface area contributed by atoms with Crippen LogP contribution in [0.4, 0.5) is 4.39 Å². The van der Waals surface area contributed by atoms with Gasteiger partial charge in [0.2, 0.25) is 0 Å². The van der Waals surface area contributed by atoms with Gasteiger partial charge in [0.1, 0.15) is 5.82 Å². The molecular weight excluding hydrogens is 308 g/mol. The van der Waals surface area contributed by atoms with E-state index in [1.807, 2.05) is 0 Å².